The second kappa shape index (κ2) is 6.40. The molecule has 4 nitrogen and oxygen atoms in total. The zero-order chi connectivity index (χ0) is 16.5. The third-order valence-electron chi connectivity index (χ3n) is 4.35. The summed E-state index contributed by atoms with van der Waals surface area (Å²) in [6.07, 6.45) is 0.927. The normalized spacial score (nSPS) is 18.4. The first-order valence-corrected chi connectivity index (χ1v) is 9.13. The maximum atomic E-state index is 12.7. The monoisotopic (exact) mass is 341 g/mol. The van der Waals surface area contributed by atoms with E-state index >= 15 is 0 Å². The Morgan fingerprint density at radius 1 is 1.17 bits per heavy atom. The Hall–Kier alpha value is -2.14. The number of hydrogen-bond acceptors (Lipinski definition) is 4. The minimum absolute atomic E-state index is 0.146. The summed E-state index contributed by atoms with van der Waals surface area (Å²) in [6.45, 7) is 3.26. The second-order valence-electron chi connectivity index (χ2n) is 6.04. The zero-order valence-electron chi connectivity index (χ0n) is 13.5. The van der Waals surface area contributed by atoms with Crippen molar-refractivity contribution in [2.75, 3.05) is 23.9 Å². The van der Waals surface area contributed by atoms with Crippen LogP contribution in [0.5, 0.6) is 11.5 Å². The summed E-state index contributed by atoms with van der Waals surface area (Å²) < 4.78 is 11.1. The fourth-order valence-corrected chi connectivity index (χ4v) is 4.06. The molecule has 24 heavy (non-hydrogen) atoms. The highest BCUT2D eigenvalue weighted by Gasteiger charge is 2.30. The molecule has 0 saturated heterocycles. The van der Waals surface area contributed by atoms with Crippen LogP contribution in [0.25, 0.3) is 0 Å². The minimum atomic E-state index is 0.146. The number of hydrogen-bond donors (Lipinski definition) is 0. The Bertz CT molecular complexity index is 777. The molecule has 1 amide bonds. The van der Waals surface area contributed by atoms with Gasteiger partial charge in [0.15, 0.2) is 11.5 Å². The summed E-state index contributed by atoms with van der Waals surface area (Å²) in [6, 6.07) is 14.2. The van der Waals surface area contributed by atoms with Gasteiger partial charge in [0.2, 0.25) is 5.91 Å². The summed E-state index contributed by atoms with van der Waals surface area (Å²) in [5, 5.41) is 0. The molecule has 0 fully saturated rings. The molecule has 0 aromatic heterocycles. The lowest BCUT2D eigenvalue weighted by Crippen LogP contribution is -2.36. The molecule has 0 bridgehead atoms. The fourth-order valence-electron chi connectivity index (χ4n) is 3.27. The van der Waals surface area contributed by atoms with Crippen molar-refractivity contribution < 1.29 is 14.3 Å². The highest BCUT2D eigenvalue weighted by Crippen LogP contribution is 2.36. The quantitative estimate of drug-likeness (QED) is 0.801. The summed E-state index contributed by atoms with van der Waals surface area (Å²) >= 11 is 1.54. The summed E-state index contributed by atoms with van der Waals surface area (Å²) in [5.74, 6) is 2.10. The highest BCUT2D eigenvalue weighted by molar-refractivity contribution is 8.00. The number of carbonyl (C=O) groups is 1. The van der Waals surface area contributed by atoms with Crippen LogP contribution in [0.4, 0.5) is 5.69 Å². The number of amides is 1. The number of benzene rings is 2. The van der Waals surface area contributed by atoms with Crippen molar-refractivity contribution in [2.24, 2.45) is 0 Å². The summed E-state index contributed by atoms with van der Waals surface area (Å²) in [7, 11) is 0. The van der Waals surface area contributed by atoms with Gasteiger partial charge in [-0.1, -0.05) is 18.2 Å². The van der Waals surface area contributed by atoms with Crippen molar-refractivity contribution in [1.82, 2.24) is 0 Å². The van der Waals surface area contributed by atoms with E-state index in [4.69, 9.17) is 9.47 Å². The smallest absolute Gasteiger partial charge is 0.237 e. The predicted octanol–water partition coefficient (Wildman–Crippen LogP) is 3.53. The van der Waals surface area contributed by atoms with Gasteiger partial charge in [0.1, 0.15) is 13.2 Å². The Morgan fingerprint density at radius 3 is 2.83 bits per heavy atom. The second-order valence-corrected chi connectivity index (χ2v) is 7.09. The summed E-state index contributed by atoms with van der Waals surface area (Å²) in [4.78, 5) is 15.7. The van der Waals surface area contributed by atoms with Crippen LogP contribution in [0.2, 0.25) is 0 Å². The number of fused-ring (bicyclic) bond motifs is 2. The molecule has 0 N–H and O–H groups in total. The molecule has 4 rings (SSSR count). The average molecular weight is 341 g/mol. The van der Waals surface area contributed by atoms with Crippen LogP contribution < -0.4 is 14.4 Å². The van der Waals surface area contributed by atoms with E-state index in [-0.39, 0.29) is 11.9 Å². The maximum Gasteiger partial charge on any atom is 0.237 e. The topological polar surface area (TPSA) is 38.8 Å². The van der Waals surface area contributed by atoms with Gasteiger partial charge in [0.25, 0.3) is 0 Å². The van der Waals surface area contributed by atoms with Crippen LogP contribution in [0.15, 0.2) is 47.4 Å². The largest absolute Gasteiger partial charge is 0.486 e. The molecular formula is C19H19NO3S. The SMILES string of the molecule is C[C@@H]1Cc2ccccc2N1C(=O)CSc1ccc2c(c1)OCCO2. The zero-order valence-corrected chi connectivity index (χ0v) is 14.3. The van der Waals surface area contributed by atoms with Crippen molar-refractivity contribution >= 4 is 23.4 Å². The van der Waals surface area contributed by atoms with Crippen LogP contribution in [0.1, 0.15) is 12.5 Å². The van der Waals surface area contributed by atoms with Gasteiger partial charge < -0.3 is 14.4 Å². The number of anilines is 1. The average Bonchev–Trinajstić information content (AvgIpc) is 2.95. The van der Waals surface area contributed by atoms with Crippen LogP contribution in [-0.2, 0) is 11.2 Å². The maximum absolute atomic E-state index is 12.7. The number of nitrogens with zero attached hydrogens (tertiary/aromatic N) is 1. The molecule has 0 spiro atoms. The molecule has 2 aliphatic heterocycles. The molecular weight excluding hydrogens is 322 g/mol. The van der Waals surface area contributed by atoms with Crippen LogP contribution >= 0.6 is 11.8 Å². The van der Waals surface area contributed by atoms with E-state index in [9.17, 15) is 4.79 Å². The van der Waals surface area contributed by atoms with Crippen LogP contribution in [0, 0.1) is 0 Å². The van der Waals surface area contributed by atoms with Gasteiger partial charge in [0, 0.05) is 16.6 Å². The van der Waals surface area contributed by atoms with E-state index in [0.29, 0.717) is 19.0 Å². The lowest BCUT2D eigenvalue weighted by atomic mass is 10.1. The first-order valence-electron chi connectivity index (χ1n) is 8.15. The first kappa shape index (κ1) is 15.4. The fraction of sp³-hybridized carbons (Fsp3) is 0.316. The van der Waals surface area contributed by atoms with Gasteiger partial charge in [-0.25, -0.2) is 0 Å². The summed E-state index contributed by atoms with van der Waals surface area (Å²) in [5.41, 5.74) is 2.31. The van der Waals surface area contributed by atoms with Gasteiger partial charge in [-0.15, -0.1) is 11.8 Å². The Kier molecular flexibility index (Phi) is 4.10. The molecule has 1 atom stereocenters. The van der Waals surface area contributed by atoms with Crippen LogP contribution in [0.3, 0.4) is 0 Å². The number of ether oxygens (including phenoxy) is 2. The van der Waals surface area contributed by atoms with E-state index in [2.05, 4.69) is 13.0 Å². The molecule has 2 aliphatic rings. The van der Waals surface area contributed by atoms with Crippen LogP contribution in [-0.4, -0.2) is 30.9 Å². The molecule has 0 radical (unpaired) electrons. The van der Waals surface area contributed by atoms with Gasteiger partial charge in [0.05, 0.1) is 5.75 Å². The van der Waals surface area contributed by atoms with Crippen molar-refractivity contribution in [2.45, 2.75) is 24.3 Å². The van der Waals surface area contributed by atoms with Gasteiger partial charge in [-0.05, 0) is 43.2 Å². The number of carbonyl (C=O) groups excluding carboxylic acids is 1. The molecule has 2 heterocycles. The number of rotatable bonds is 3. The standard InChI is InChI=1S/C19H19NO3S/c1-13-10-14-4-2-3-5-16(14)20(13)19(21)12-24-15-6-7-17-18(11-15)23-9-8-22-17/h2-7,11,13H,8-10,12H2,1H3/t13-/m1/s1. The molecule has 0 unspecified atom stereocenters. The molecule has 124 valence electrons. The van der Waals surface area contributed by atoms with Gasteiger partial charge in [-0.3, -0.25) is 4.79 Å². The van der Waals surface area contributed by atoms with E-state index in [1.165, 1.54) is 17.3 Å². The molecule has 2 aromatic carbocycles. The third kappa shape index (κ3) is 2.84. The lowest BCUT2D eigenvalue weighted by molar-refractivity contribution is -0.116. The molecule has 2 aromatic rings. The van der Waals surface area contributed by atoms with Crippen molar-refractivity contribution in [3.63, 3.8) is 0 Å². The number of thioether (sulfide) groups is 1. The Morgan fingerprint density at radius 2 is 1.96 bits per heavy atom. The van der Waals surface area contributed by atoms with E-state index < -0.39 is 0 Å². The van der Waals surface area contributed by atoms with Gasteiger partial charge >= 0.3 is 0 Å². The third-order valence-corrected chi connectivity index (χ3v) is 5.33. The van der Waals surface area contributed by atoms with E-state index in [1.807, 2.05) is 41.3 Å². The molecule has 0 saturated carbocycles. The van der Waals surface area contributed by atoms with Gasteiger partial charge in [-0.2, -0.15) is 0 Å². The highest BCUT2D eigenvalue weighted by atomic mass is 32.2. The van der Waals surface area contributed by atoms with Crippen molar-refractivity contribution in [1.29, 1.82) is 0 Å². The van der Waals surface area contributed by atoms with E-state index in [1.54, 1.807) is 0 Å². The van der Waals surface area contributed by atoms with Crippen molar-refractivity contribution in [3.05, 3.63) is 48.0 Å². The predicted molar refractivity (Wildman–Crippen MR) is 95.3 cm³/mol. The first-order chi connectivity index (χ1) is 11.7. The Labute approximate surface area is 145 Å². The number of para-hydroxylation sites is 1. The molecule has 0 aliphatic carbocycles. The molecule has 5 heteroatoms. The van der Waals surface area contributed by atoms with Crippen molar-refractivity contribution in [3.8, 4) is 11.5 Å². The lowest BCUT2D eigenvalue weighted by Gasteiger charge is -2.23. The minimum Gasteiger partial charge on any atom is -0.486 e. The Balaban J connectivity index is 1.45. The van der Waals surface area contributed by atoms with E-state index in [0.717, 1.165) is 28.5 Å².